The maximum atomic E-state index is 2.60. The van der Waals surface area contributed by atoms with Gasteiger partial charge in [-0.2, -0.15) is 0 Å². The minimum absolute atomic E-state index is 0.00380. The van der Waals surface area contributed by atoms with Crippen LogP contribution in [0.3, 0.4) is 0 Å². The van der Waals surface area contributed by atoms with Gasteiger partial charge in [0.05, 0.1) is 0 Å². The van der Waals surface area contributed by atoms with Crippen molar-refractivity contribution < 1.29 is 0 Å². The Morgan fingerprint density at radius 1 is 0.441 bits per heavy atom. The van der Waals surface area contributed by atoms with Crippen LogP contribution in [-0.4, -0.2) is 0 Å². The minimum atomic E-state index is 0.00380. The van der Waals surface area contributed by atoms with Crippen LogP contribution in [0.15, 0.2) is 59.7 Å². The Balaban J connectivity index is 1.84. The van der Waals surface area contributed by atoms with Crippen molar-refractivity contribution in [3.63, 3.8) is 0 Å². The zero-order valence-electron chi connectivity index (χ0n) is 22.6. The predicted molar refractivity (Wildman–Crippen MR) is 149 cm³/mol. The van der Waals surface area contributed by atoms with E-state index in [1.807, 2.05) is 0 Å². The SMILES string of the molecule is CC1=C(C)C2(C)c3cc4c(cc3C1(C)C(C)(C)C2(C)C)c(C)cc1c2ccccc2c(C)cc41. The number of fused-ring (bicyclic) bond motifs is 6. The Hall–Kier alpha value is -2.60. The maximum Gasteiger partial charge on any atom is 0.0193 e. The fourth-order valence-corrected chi connectivity index (χ4v) is 8.24. The van der Waals surface area contributed by atoms with Crippen molar-refractivity contribution in [2.75, 3.05) is 0 Å². The molecule has 0 fully saturated rings. The third-order valence-corrected chi connectivity index (χ3v) is 11.7. The van der Waals surface area contributed by atoms with E-state index in [0.29, 0.717) is 0 Å². The van der Waals surface area contributed by atoms with Gasteiger partial charge in [-0.25, -0.2) is 0 Å². The van der Waals surface area contributed by atoms with Crippen molar-refractivity contribution in [3.8, 4) is 0 Å². The van der Waals surface area contributed by atoms with Crippen molar-refractivity contribution in [2.24, 2.45) is 10.8 Å². The Bertz CT molecular complexity index is 1610. The highest BCUT2D eigenvalue weighted by Gasteiger charge is 2.68. The van der Waals surface area contributed by atoms with Gasteiger partial charge in [0.25, 0.3) is 0 Å². The number of benzene rings is 4. The van der Waals surface area contributed by atoms with Crippen LogP contribution in [0, 0.1) is 24.7 Å². The van der Waals surface area contributed by atoms with Crippen LogP contribution in [0.1, 0.15) is 77.6 Å². The second kappa shape index (κ2) is 6.14. The van der Waals surface area contributed by atoms with Gasteiger partial charge in [-0.15, -0.1) is 0 Å². The zero-order valence-corrected chi connectivity index (χ0v) is 22.6. The van der Waals surface area contributed by atoms with E-state index >= 15 is 0 Å². The standard InChI is InChI=1S/C34H38/c1-19-15-27-26(24-14-12-11-13-23(19)24)16-20(2)25-17-29-30(18-28(25)27)34(10)22(4)21(3)33(29,9)31(5,6)32(34,7)8/h11-18H,1-10H3. The molecule has 0 aromatic heterocycles. The van der Waals surface area contributed by atoms with Crippen LogP contribution in [0.25, 0.3) is 32.3 Å². The summed E-state index contributed by atoms with van der Waals surface area (Å²) in [7, 11) is 0. The van der Waals surface area contributed by atoms with Crippen LogP contribution in [-0.2, 0) is 10.8 Å². The minimum Gasteiger partial charge on any atom is -0.0626 e. The highest BCUT2D eigenvalue weighted by atomic mass is 14.7. The molecule has 0 saturated heterocycles. The van der Waals surface area contributed by atoms with Gasteiger partial charge in [0.1, 0.15) is 0 Å². The van der Waals surface area contributed by atoms with Gasteiger partial charge >= 0.3 is 0 Å². The molecule has 4 aromatic rings. The fraction of sp³-hybridized carbons (Fsp3) is 0.412. The quantitative estimate of drug-likeness (QED) is 0.186. The van der Waals surface area contributed by atoms with Gasteiger partial charge < -0.3 is 0 Å². The summed E-state index contributed by atoms with van der Waals surface area (Å²) in [5.41, 5.74) is 9.27. The summed E-state index contributed by atoms with van der Waals surface area (Å²) in [5, 5.41) is 8.34. The smallest absolute Gasteiger partial charge is 0.0193 e. The number of allylic oxidation sites excluding steroid dienone is 2. The molecule has 2 atom stereocenters. The van der Waals surface area contributed by atoms with E-state index in [9.17, 15) is 0 Å². The summed E-state index contributed by atoms with van der Waals surface area (Å²) in [4.78, 5) is 0. The van der Waals surface area contributed by atoms with Gasteiger partial charge in [-0.1, -0.05) is 89.1 Å². The fourth-order valence-electron chi connectivity index (χ4n) is 8.24. The van der Waals surface area contributed by atoms with E-state index in [2.05, 4.69) is 118 Å². The molecule has 174 valence electrons. The summed E-state index contributed by atoms with van der Waals surface area (Å²) in [6.45, 7) is 24.5. The van der Waals surface area contributed by atoms with Gasteiger partial charge in [0.2, 0.25) is 0 Å². The van der Waals surface area contributed by atoms with Gasteiger partial charge in [0, 0.05) is 10.8 Å². The average Bonchev–Trinajstić information content (AvgIpc) is 2.80. The molecular weight excluding hydrogens is 408 g/mol. The molecule has 0 nitrogen and oxygen atoms in total. The maximum absolute atomic E-state index is 2.60. The first-order chi connectivity index (χ1) is 15.8. The Morgan fingerprint density at radius 2 is 0.824 bits per heavy atom. The highest BCUT2D eigenvalue weighted by Crippen LogP contribution is 2.74. The van der Waals surface area contributed by atoms with E-state index in [0.717, 1.165) is 0 Å². The van der Waals surface area contributed by atoms with Crippen molar-refractivity contribution in [3.05, 3.63) is 81.9 Å². The lowest BCUT2D eigenvalue weighted by molar-refractivity contribution is -0.0473. The van der Waals surface area contributed by atoms with Crippen LogP contribution < -0.4 is 0 Å². The molecule has 3 aliphatic rings. The third-order valence-electron chi connectivity index (χ3n) is 11.7. The van der Waals surface area contributed by atoms with Crippen molar-refractivity contribution >= 4 is 32.3 Å². The Kier molecular flexibility index (Phi) is 3.96. The molecule has 0 heterocycles. The second-order valence-electron chi connectivity index (χ2n) is 12.7. The molecule has 4 aromatic carbocycles. The molecule has 7 rings (SSSR count). The lowest BCUT2D eigenvalue weighted by Gasteiger charge is -2.71. The zero-order chi connectivity index (χ0) is 24.6. The Labute approximate surface area is 205 Å². The monoisotopic (exact) mass is 446 g/mol. The summed E-state index contributed by atoms with van der Waals surface area (Å²) >= 11 is 0. The molecule has 0 N–H and O–H groups in total. The highest BCUT2D eigenvalue weighted by molar-refractivity contribution is 6.19. The number of hydrogen-bond acceptors (Lipinski definition) is 0. The topological polar surface area (TPSA) is 0 Å². The summed E-state index contributed by atoms with van der Waals surface area (Å²) in [6.07, 6.45) is 0. The number of hydrogen-bond donors (Lipinski definition) is 0. The van der Waals surface area contributed by atoms with E-state index in [4.69, 9.17) is 0 Å². The van der Waals surface area contributed by atoms with E-state index in [-0.39, 0.29) is 21.7 Å². The largest absolute Gasteiger partial charge is 0.0626 e. The summed E-state index contributed by atoms with van der Waals surface area (Å²) < 4.78 is 0. The molecular formula is C34H38. The van der Waals surface area contributed by atoms with Crippen LogP contribution >= 0.6 is 0 Å². The third kappa shape index (κ3) is 2.06. The predicted octanol–water partition coefficient (Wildman–Crippen LogP) is 9.69. The lowest BCUT2D eigenvalue weighted by atomic mass is 9.32. The first-order valence-corrected chi connectivity index (χ1v) is 12.9. The van der Waals surface area contributed by atoms with E-state index in [1.165, 1.54) is 43.4 Å². The molecule has 0 aliphatic heterocycles. The molecule has 0 spiro atoms. The molecule has 0 heteroatoms. The first kappa shape index (κ1) is 21.9. The van der Waals surface area contributed by atoms with E-state index < -0.39 is 0 Å². The number of rotatable bonds is 0. The average molecular weight is 447 g/mol. The van der Waals surface area contributed by atoms with Gasteiger partial charge in [-0.05, 0) is 105 Å². The lowest BCUT2D eigenvalue weighted by Crippen LogP contribution is -2.66. The molecule has 2 unspecified atom stereocenters. The summed E-state index contributed by atoms with van der Waals surface area (Å²) in [5.74, 6) is 0. The van der Waals surface area contributed by atoms with Crippen molar-refractivity contribution in [1.82, 2.24) is 0 Å². The van der Waals surface area contributed by atoms with Crippen molar-refractivity contribution in [1.29, 1.82) is 0 Å². The van der Waals surface area contributed by atoms with Crippen LogP contribution in [0.5, 0.6) is 0 Å². The molecule has 34 heavy (non-hydrogen) atoms. The van der Waals surface area contributed by atoms with E-state index in [1.54, 1.807) is 22.3 Å². The normalized spacial score (nSPS) is 27.1. The Morgan fingerprint density at radius 3 is 1.35 bits per heavy atom. The van der Waals surface area contributed by atoms with Crippen molar-refractivity contribution in [2.45, 2.75) is 80.1 Å². The molecule has 2 bridgehead atoms. The first-order valence-electron chi connectivity index (χ1n) is 12.9. The molecule has 0 radical (unpaired) electrons. The number of aryl methyl sites for hydroxylation is 2. The van der Waals surface area contributed by atoms with Gasteiger partial charge in [0.15, 0.2) is 0 Å². The summed E-state index contributed by atoms with van der Waals surface area (Å²) in [6, 6.07) is 18.9. The molecule has 0 amide bonds. The molecule has 3 aliphatic carbocycles. The molecule has 0 saturated carbocycles. The van der Waals surface area contributed by atoms with Gasteiger partial charge in [-0.3, -0.25) is 0 Å². The second-order valence-corrected chi connectivity index (χ2v) is 12.7. The van der Waals surface area contributed by atoms with Crippen LogP contribution in [0.4, 0.5) is 0 Å². The van der Waals surface area contributed by atoms with Crippen LogP contribution in [0.2, 0.25) is 0 Å².